The largest absolute Gasteiger partial charge is 0.456 e. The van der Waals surface area contributed by atoms with Crippen LogP contribution in [0.3, 0.4) is 0 Å². The summed E-state index contributed by atoms with van der Waals surface area (Å²) in [6.07, 6.45) is 0. The Balaban J connectivity index is 0.000000153. The summed E-state index contributed by atoms with van der Waals surface area (Å²) in [7, 11) is -2.87. The summed E-state index contributed by atoms with van der Waals surface area (Å²) in [5.74, 6) is 3.49. The molecule has 26 rings (SSSR count). The van der Waals surface area contributed by atoms with Crippen LogP contribution in [0.15, 0.2) is 522 Å². The van der Waals surface area contributed by atoms with Gasteiger partial charge in [0.1, 0.15) is 23.0 Å². The van der Waals surface area contributed by atoms with E-state index in [2.05, 4.69) is 581 Å². The van der Waals surface area contributed by atoms with Gasteiger partial charge in [0.05, 0.1) is 27.5 Å². The monoisotopic (exact) mass is 1900 g/mol. The van der Waals surface area contributed by atoms with E-state index in [1.807, 2.05) is 0 Å². The van der Waals surface area contributed by atoms with Gasteiger partial charge in [-0.1, -0.05) is 377 Å². The summed E-state index contributed by atoms with van der Waals surface area (Å²) in [5.41, 5.74) is 31.9. The van der Waals surface area contributed by atoms with E-state index in [1.54, 1.807) is 0 Å². The third kappa shape index (κ3) is 16.7. The molecule has 0 radical (unpaired) electrons. The van der Waals surface area contributed by atoms with Crippen LogP contribution in [0, 0.1) is 0 Å². The van der Waals surface area contributed by atoms with E-state index in [0.717, 1.165) is 141 Å². The zero-order valence-electron chi connectivity index (χ0n) is 82.3. The van der Waals surface area contributed by atoms with Crippen LogP contribution in [-0.2, 0) is 0 Å². The van der Waals surface area contributed by atoms with Gasteiger partial charge in [-0.25, -0.2) is 0 Å². The first-order chi connectivity index (χ1) is 71.7. The molecule has 24 aromatic carbocycles. The van der Waals surface area contributed by atoms with Gasteiger partial charge < -0.3 is 29.1 Å². The van der Waals surface area contributed by atoms with Gasteiger partial charge in [-0.3, -0.25) is 0 Å². The highest BCUT2D eigenvalue weighted by molar-refractivity contribution is 6.89. The summed E-state index contributed by atoms with van der Waals surface area (Å²) in [5, 5.41) is 17.4. The molecular weight excluding hydrogens is 1800 g/mol. The lowest BCUT2D eigenvalue weighted by Gasteiger charge is -2.28. The molecule has 696 valence electrons. The van der Waals surface area contributed by atoms with Gasteiger partial charge in [0.2, 0.25) is 0 Å². The molecular formula is C138H104N4O2Si2. The van der Waals surface area contributed by atoms with Crippen molar-refractivity contribution >= 4 is 159 Å². The molecule has 0 aromatic heterocycles. The van der Waals surface area contributed by atoms with Gasteiger partial charge in [-0.15, -0.1) is 0 Å². The Labute approximate surface area is 855 Å². The molecule has 0 amide bonds. The highest BCUT2D eigenvalue weighted by atomic mass is 28.3. The Morgan fingerprint density at radius 1 is 0.144 bits per heavy atom. The van der Waals surface area contributed by atoms with Gasteiger partial charge >= 0.3 is 0 Å². The van der Waals surface area contributed by atoms with Crippen molar-refractivity contribution < 1.29 is 9.47 Å². The van der Waals surface area contributed by atoms with Crippen molar-refractivity contribution in [3.8, 4) is 112 Å². The highest BCUT2D eigenvalue weighted by Crippen LogP contribution is 2.56. The van der Waals surface area contributed by atoms with Crippen molar-refractivity contribution in [2.24, 2.45) is 0 Å². The van der Waals surface area contributed by atoms with E-state index in [9.17, 15) is 0 Å². The Hall–Kier alpha value is -17.9. The number of nitrogens with zero attached hydrogens (tertiary/aromatic N) is 4. The second-order valence-corrected chi connectivity index (χ2v) is 50.3. The average molecular weight is 1910 g/mol. The van der Waals surface area contributed by atoms with E-state index < -0.39 is 16.1 Å². The highest BCUT2D eigenvalue weighted by Gasteiger charge is 2.30. The summed E-state index contributed by atoms with van der Waals surface area (Å²) in [6.45, 7) is 14.4. The fourth-order valence-corrected chi connectivity index (χ4v) is 24.2. The van der Waals surface area contributed by atoms with Crippen molar-refractivity contribution in [3.63, 3.8) is 0 Å². The van der Waals surface area contributed by atoms with Crippen LogP contribution in [0.1, 0.15) is 0 Å². The van der Waals surface area contributed by atoms with Crippen LogP contribution in [0.2, 0.25) is 39.3 Å². The summed E-state index contributed by atoms with van der Waals surface area (Å²) < 4.78 is 13.8. The smallest absolute Gasteiger partial charge is 0.135 e. The van der Waals surface area contributed by atoms with E-state index in [0.29, 0.717) is 0 Å². The number of benzene rings is 24. The van der Waals surface area contributed by atoms with Crippen LogP contribution in [0.5, 0.6) is 23.0 Å². The Kier molecular flexibility index (Phi) is 23.0. The molecule has 0 atom stereocenters. The van der Waals surface area contributed by atoms with Gasteiger partial charge in [0, 0.05) is 89.9 Å². The van der Waals surface area contributed by atoms with Crippen LogP contribution in [0.4, 0.5) is 68.2 Å². The molecule has 0 N–H and O–H groups in total. The molecule has 8 heteroatoms. The zero-order chi connectivity index (χ0) is 98.1. The van der Waals surface area contributed by atoms with Crippen molar-refractivity contribution in [2.45, 2.75) is 39.3 Å². The van der Waals surface area contributed by atoms with Crippen molar-refractivity contribution in [3.05, 3.63) is 522 Å². The second kappa shape index (κ2) is 37.5. The number of hydrogen-bond acceptors (Lipinski definition) is 6. The maximum atomic E-state index is 6.93. The number of para-hydroxylation sites is 6. The van der Waals surface area contributed by atoms with Crippen LogP contribution in [-0.4, -0.2) is 16.1 Å². The Morgan fingerprint density at radius 3 is 0.733 bits per heavy atom. The van der Waals surface area contributed by atoms with Crippen LogP contribution >= 0.6 is 0 Å². The van der Waals surface area contributed by atoms with E-state index in [4.69, 9.17) is 9.47 Å². The Morgan fingerprint density at radius 2 is 0.390 bits per heavy atom. The molecule has 6 nitrogen and oxygen atoms in total. The summed E-state index contributed by atoms with van der Waals surface area (Å²) >= 11 is 0. The normalized spacial score (nSPS) is 11.9. The molecule has 146 heavy (non-hydrogen) atoms. The minimum atomic E-state index is -1.44. The van der Waals surface area contributed by atoms with Gasteiger partial charge in [-0.05, 0) is 315 Å². The molecule has 0 bridgehead atoms. The number of fused-ring (bicyclic) bond motifs is 12. The predicted molar refractivity (Wildman–Crippen MR) is 626 cm³/mol. The van der Waals surface area contributed by atoms with Crippen LogP contribution < -0.4 is 39.4 Å². The summed E-state index contributed by atoms with van der Waals surface area (Å²) in [6, 6.07) is 189. The SMILES string of the molecule is C[Si](C)(C)c1ccc(N(c2ccccc2)c2ccc(-c3ccc4c(c3)Oc3cccc5c3c-4cc3c4ccccc4c(-c4ccc(N(c6ccccc6)c6ccc([Si](C)(C)C)cc6)cc4)cc53)cc2)cc1.c1ccc(-c2ccccc2N(c2ccccc2)c2ccc(-c3ccc4c(c3)Oc3cccc5c3c-4cc3c4ccccc4c(-c4ccc(N(c6ccccc6)c6ccccc6-c6ccccc6)cc4)cc53)cc2)cc1. The average Bonchev–Trinajstić information content (AvgIpc) is 0.715. The maximum absolute atomic E-state index is 6.93. The molecule has 0 unspecified atom stereocenters. The van der Waals surface area contributed by atoms with Crippen molar-refractivity contribution in [1.29, 1.82) is 0 Å². The van der Waals surface area contributed by atoms with Crippen LogP contribution in [0.25, 0.3) is 154 Å². The molecule has 0 fully saturated rings. The lowest BCUT2D eigenvalue weighted by molar-refractivity contribution is 0.487. The number of anilines is 12. The molecule has 0 spiro atoms. The van der Waals surface area contributed by atoms with E-state index >= 15 is 0 Å². The lowest BCUT2D eigenvalue weighted by atomic mass is 9.86. The van der Waals surface area contributed by atoms with E-state index in [1.165, 1.54) is 114 Å². The first kappa shape index (κ1) is 89.4. The first-order valence-corrected chi connectivity index (χ1v) is 57.5. The molecule has 0 saturated heterocycles. The fourth-order valence-electron chi connectivity index (χ4n) is 21.9. The standard InChI is InChI=1S/C72H48N2O.C66H56N2OSi2/c1-5-20-50(21-6-1)58-28-15-17-33-68(58)73(54-24-9-3-10-25-54)56-41-36-49(37-42-56)53-40-45-62-67-48-65-61-31-14-13-30-60(61)64(47-66(65)63-32-19-35-70(72(63)67)75-71(62)46-53)52-38-43-57(44-39-52)74(55-26-11-4-12-27-55)69-34-18-16-29-59(69)51-22-7-2-8-23-51;1-70(2,3)54-37-33-52(34-38-54)67(48-16-9-7-10-17-48)50-29-24-45(25-30-50)47-28-41-58-63-44-61-57-21-14-13-20-56(57)60(43-62(61)59-22-15-23-64(66(59)63)69-65(58)42-47)46-26-31-51(32-27-46)68(49-18-11-8-12-19-49)53-35-39-55(40-36-53)71(4,5)6/h1-48H;7-44H,1-6H3. The van der Waals surface area contributed by atoms with E-state index in [-0.39, 0.29) is 0 Å². The molecule has 2 aliphatic rings. The van der Waals surface area contributed by atoms with Gasteiger partial charge in [-0.2, -0.15) is 0 Å². The lowest BCUT2D eigenvalue weighted by Crippen LogP contribution is -2.37. The maximum Gasteiger partial charge on any atom is 0.135 e. The zero-order valence-corrected chi connectivity index (χ0v) is 84.3. The topological polar surface area (TPSA) is 31.4 Å². The minimum absolute atomic E-state index is 0.857. The third-order valence-electron chi connectivity index (χ3n) is 29.2. The number of ether oxygens (including phenoxy) is 2. The van der Waals surface area contributed by atoms with Crippen molar-refractivity contribution in [2.75, 3.05) is 19.6 Å². The first-order valence-electron chi connectivity index (χ1n) is 50.5. The van der Waals surface area contributed by atoms with Crippen molar-refractivity contribution in [1.82, 2.24) is 0 Å². The van der Waals surface area contributed by atoms with Gasteiger partial charge in [0.25, 0.3) is 0 Å². The number of hydrogen-bond donors (Lipinski definition) is 0. The predicted octanol–water partition coefficient (Wildman–Crippen LogP) is 38.8. The second-order valence-electron chi connectivity index (χ2n) is 40.2. The fraction of sp³-hybridized carbons (Fsp3) is 0.0435. The third-order valence-corrected chi connectivity index (χ3v) is 33.3. The molecule has 0 aliphatic carbocycles. The summed E-state index contributed by atoms with van der Waals surface area (Å²) in [4.78, 5) is 9.41. The Bertz CT molecular complexity index is 9060. The van der Waals surface area contributed by atoms with Gasteiger partial charge in [0.15, 0.2) is 0 Å². The molecule has 2 aliphatic heterocycles. The number of rotatable bonds is 20. The minimum Gasteiger partial charge on any atom is -0.456 e. The molecule has 2 heterocycles. The molecule has 24 aromatic rings. The molecule has 0 saturated carbocycles. The quantitative estimate of drug-likeness (QED) is 0.0558.